The highest BCUT2D eigenvalue weighted by molar-refractivity contribution is 7.14. The van der Waals surface area contributed by atoms with E-state index in [1.807, 2.05) is 66.9 Å². The average molecular weight is 424 g/mol. The molecule has 156 valence electrons. The predicted molar refractivity (Wildman–Crippen MR) is 121 cm³/mol. The third-order valence-electron chi connectivity index (χ3n) is 4.15. The van der Waals surface area contributed by atoms with Crippen LogP contribution in [0.4, 0.5) is 5.13 Å². The lowest BCUT2D eigenvalue weighted by molar-refractivity contribution is -0.143. The van der Waals surface area contributed by atoms with Gasteiger partial charge < -0.3 is 9.47 Å². The van der Waals surface area contributed by atoms with Crippen LogP contribution < -0.4 is 10.2 Å². The van der Waals surface area contributed by atoms with Crippen molar-refractivity contribution in [3.8, 4) is 17.0 Å². The zero-order chi connectivity index (χ0) is 21.0. The second kappa shape index (κ2) is 11.7. The van der Waals surface area contributed by atoms with Crippen molar-refractivity contribution in [2.45, 2.75) is 26.2 Å². The number of hydrogen-bond donors (Lipinski definition) is 1. The minimum Gasteiger partial charge on any atom is -0.494 e. The molecule has 0 saturated carbocycles. The first-order valence-corrected chi connectivity index (χ1v) is 10.8. The van der Waals surface area contributed by atoms with E-state index in [1.54, 1.807) is 6.21 Å². The van der Waals surface area contributed by atoms with E-state index in [0.29, 0.717) is 19.6 Å². The maximum Gasteiger partial charge on any atom is 0.305 e. The first-order chi connectivity index (χ1) is 14.7. The molecule has 2 aromatic carbocycles. The molecule has 0 aliphatic heterocycles. The van der Waals surface area contributed by atoms with Gasteiger partial charge in [0.2, 0.25) is 5.13 Å². The van der Waals surface area contributed by atoms with E-state index in [-0.39, 0.29) is 5.97 Å². The minimum atomic E-state index is -0.153. The molecule has 3 rings (SSSR count). The smallest absolute Gasteiger partial charge is 0.305 e. The van der Waals surface area contributed by atoms with Crippen molar-refractivity contribution >= 4 is 28.7 Å². The normalized spacial score (nSPS) is 10.8. The molecule has 0 saturated heterocycles. The fourth-order valence-electron chi connectivity index (χ4n) is 2.71. The Bertz CT molecular complexity index is 957. The molecule has 0 bridgehead atoms. The van der Waals surface area contributed by atoms with E-state index in [9.17, 15) is 4.79 Å². The predicted octanol–water partition coefficient (Wildman–Crippen LogP) is 5.37. The van der Waals surface area contributed by atoms with Gasteiger partial charge in [0.05, 0.1) is 25.1 Å². The number of unbranched alkanes of at least 4 members (excludes halogenated alkanes) is 1. The highest BCUT2D eigenvalue weighted by Gasteiger charge is 2.03. The topological polar surface area (TPSA) is 72.8 Å². The van der Waals surface area contributed by atoms with Gasteiger partial charge in [0, 0.05) is 17.4 Å². The maximum atomic E-state index is 11.3. The Balaban J connectivity index is 1.44. The summed E-state index contributed by atoms with van der Waals surface area (Å²) < 4.78 is 10.7. The third-order valence-corrected chi connectivity index (χ3v) is 4.90. The number of carbonyl (C=O) groups is 1. The molecule has 7 heteroatoms. The van der Waals surface area contributed by atoms with Crippen molar-refractivity contribution in [2.24, 2.45) is 5.10 Å². The van der Waals surface area contributed by atoms with Gasteiger partial charge >= 0.3 is 5.97 Å². The Morgan fingerprint density at radius 2 is 2.03 bits per heavy atom. The first kappa shape index (κ1) is 21.5. The van der Waals surface area contributed by atoms with E-state index >= 15 is 0 Å². The van der Waals surface area contributed by atoms with Gasteiger partial charge in [-0.2, -0.15) is 5.10 Å². The van der Waals surface area contributed by atoms with Gasteiger partial charge in [0.25, 0.3) is 0 Å². The maximum absolute atomic E-state index is 11.3. The van der Waals surface area contributed by atoms with E-state index in [4.69, 9.17) is 9.47 Å². The Morgan fingerprint density at radius 1 is 1.17 bits per heavy atom. The zero-order valence-corrected chi connectivity index (χ0v) is 17.7. The summed E-state index contributed by atoms with van der Waals surface area (Å²) in [4.78, 5) is 15.9. The fraction of sp³-hybridized carbons (Fsp3) is 0.261. The molecule has 0 radical (unpaired) electrons. The number of ether oxygens (including phenoxy) is 2. The Hall–Kier alpha value is -3.19. The molecular formula is C23H25N3O3S. The minimum absolute atomic E-state index is 0.153. The Labute approximate surface area is 180 Å². The molecular weight excluding hydrogens is 398 g/mol. The highest BCUT2D eigenvalue weighted by Crippen LogP contribution is 2.24. The summed E-state index contributed by atoms with van der Waals surface area (Å²) in [6, 6.07) is 17.7. The van der Waals surface area contributed by atoms with Crippen LogP contribution in [0.3, 0.4) is 0 Å². The lowest BCUT2D eigenvalue weighted by Gasteiger charge is -2.06. The number of hydrogen-bond acceptors (Lipinski definition) is 7. The molecule has 0 spiro atoms. The molecule has 30 heavy (non-hydrogen) atoms. The number of hydrazone groups is 1. The highest BCUT2D eigenvalue weighted by atomic mass is 32.1. The Kier molecular flexibility index (Phi) is 8.41. The number of rotatable bonds is 11. The number of thiazole rings is 1. The van der Waals surface area contributed by atoms with Crippen LogP contribution in [0.15, 0.2) is 65.1 Å². The number of anilines is 1. The summed E-state index contributed by atoms with van der Waals surface area (Å²) in [7, 11) is 0. The number of aromatic nitrogens is 1. The van der Waals surface area contributed by atoms with Gasteiger partial charge in [-0.1, -0.05) is 42.5 Å². The lowest BCUT2D eigenvalue weighted by Crippen LogP contribution is -2.05. The molecule has 0 aliphatic rings. The van der Waals surface area contributed by atoms with Gasteiger partial charge in [-0.3, -0.25) is 10.2 Å². The van der Waals surface area contributed by atoms with Crippen LogP contribution in [-0.2, 0) is 9.53 Å². The van der Waals surface area contributed by atoms with Gasteiger partial charge in [-0.05, 0) is 37.5 Å². The fourth-order valence-corrected chi connectivity index (χ4v) is 3.38. The summed E-state index contributed by atoms with van der Waals surface area (Å²) in [5.74, 6) is 0.620. The van der Waals surface area contributed by atoms with Crippen LogP contribution in [-0.4, -0.2) is 30.4 Å². The van der Waals surface area contributed by atoms with Gasteiger partial charge in [0.1, 0.15) is 5.75 Å². The molecule has 6 nitrogen and oxygen atoms in total. The van der Waals surface area contributed by atoms with Crippen molar-refractivity contribution in [3.05, 3.63) is 65.5 Å². The van der Waals surface area contributed by atoms with Crippen molar-refractivity contribution in [1.29, 1.82) is 0 Å². The van der Waals surface area contributed by atoms with Crippen LogP contribution in [0.2, 0.25) is 0 Å². The van der Waals surface area contributed by atoms with Crippen LogP contribution in [0.1, 0.15) is 31.7 Å². The summed E-state index contributed by atoms with van der Waals surface area (Å²) in [5.41, 5.74) is 5.91. The molecule has 3 aromatic rings. The molecule has 0 amide bonds. The van der Waals surface area contributed by atoms with Crippen LogP contribution in [0.25, 0.3) is 11.3 Å². The van der Waals surface area contributed by atoms with Gasteiger partial charge in [-0.25, -0.2) is 4.98 Å². The van der Waals surface area contributed by atoms with Crippen molar-refractivity contribution in [3.63, 3.8) is 0 Å². The number of nitrogens with zero attached hydrogens (tertiary/aromatic N) is 2. The first-order valence-electron chi connectivity index (χ1n) is 9.93. The summed E-state index contributed by atoms with van der Waals surface area (Å²) >= 11 is 1.51. The molecule has 1 N–H and O–H groups in total. The molecule has 0 fully saturated rings. The molecule has 0 atom stereocenters. The molecule has 0 unspecified atom stereocenters. The lowest BCUT2D eigenvalue weighted by atomic mass is 10.2. The molecule has 1 aromatic heterocycles. The Morgan fingerprint density at radius 3 is 2.87 bits per heavy atom. The third kappa shape index (κ3) is 7.00. The summed E-state index contributed by atoms with van der Waals surface area (Å²) in [5, 5.41) is 7.01. The van der Waals surface area contributed by atoms with Gasteiger partial charge in [-0.15, -0.1) is 11.3 Å². The van der Waals surface area contributed by atoms with Crippen molar-refractivity contribution in [1.82, 2.24) is 4.98 Å². The van der Waals surface area contributed by atoms with E-state index < -0.39 is 0 Å². The van der Waals surface area contributed by atoms with Crippen molar-refractivity contribution in [2.75, 3.05) is 18.6 Å². The number of carbonyl (C=O) groups excluding carboxylic acids is 1. The standard InChI is InChI=1S/C23H25N3O3S/c1-2-28-22(27)13-6-7-14-29-20-12-8-9-18(15-20)16-24-26-23-25-21(17-30-23)19-10-4-3-5-11-19/h3-5,8-12,15-17H,2,6-7,13-14H2,1H3,(H,25,26). The monoisotopic (exact) mass is 423 g/mol. The van der Waals surface area contributed by atoms with Crippen LogP contribution in [0.5, 0.6) is 5.75 Å². The van der Waals surface area contributed by atoms with E-state index in [2.05, 4.69) is 15.5 Å². The van der Waals surface area contributed by atoms with E-state index in [1.165, 1.54) is 11.3 Å². The van der Waals surface area contributed by atoms with Gasteiger partial charge in [0.15, 0.2) is 0 Å². The van der Waals surface area contributed by atoms with Crippen LogP contribution in [0, 0.1) is 0 Å². The second-order valence-corrected chi connectivity index (χ2v) is 7.32. The second-order valence-electron chi connectivity index (χ2n) is 6.46. The molecule has 0 aliphatic carbocycles. The average Bonchev–Trinajstić information content (AvgIpc) is 3.24. The quantitative estimate of drug-likeness (QED) is 0.194. The SMILES string of the molecule is CCOC(=O)CCCCOc1cccc(C=NNc2nc(-c3ccccc3)cs2)c1. The molecule has 1 heterocycles. The largest absolute Gasteiger partial charge is 0.494 e. The summed E-state index contributed by atoms with van der Waals surface area (Å²) in [6.45, 7) is 2.79. The van der Waals surface area contributed by atoms with Crippen molar-refractivity contribution < 1.29 is 14.3 Å². The number of benzene rings is 2. The van der Waals surface area contributed by atoms with E-state index in [0.717, 1.165) is 40.5 Å². The summed E-state index contributed by atoms with van der Waals surface area (Å²) in [6.07, 6.45) is 3.71. The van der Waals surface area contributed by atoms with Crippen LogP contribution >= 0.6 is 11.3 Å². The number of esters is 1. The zero-order valence-electron chi connectivity index (χ0n) is 16.9. The number of nitrogens with one attached hydrogen (secondary N) is 1.